The van der Waals surface area contributed by atoms with E-state index in [1.807, 2.05) is 4.90 Å². The fraction of sp³-hybridized carbons (Fsp3) is 0.333. The predicted molar refractivity (Wildman–Crippen MR) is 146 cm³/mol. The van der Waals surface area contributed by atoms with Crippen LogP contribution in [0.5, 0.6) is 11.5 Å². The van der Waals surface area contributed by atoms with Crippen LogP contribution in [0, 0.1) is 5.82 Å². The van der Waals surface area contributed by atoms with Crippen LogP contribution in [0.3, 0.4) is 0 Å². The van der Waals surface area contributed by atoms with Gasteiger partial charge in [0.1, 0.15) is 18.2 Å². The van der Waals surface area contributed by atoms with Gasteiger partial charge in [-0.15, -0.1) is 0 Å². The first-order valence-corrected chi connectivity index (χ1v) is 13.2. The Labute approximate surface area is 234 Å². The van der Waals surface area contributed by atoms with E-state index in [0.717, 1.165) is 12.8 Å². The number of rotatable bonds is 8. The molecule has 1 aromatic heterocycles. The third-order valence-electron chi connectivity index (χ3n) is 7.04. The van der Waals surface area contributed by atoms with Crippen molar-refractivity contribution in [2.45, 2.75) is 43.9 Å². The summed E-state index contributed by atoms with van der Waals surface area (Å²) in [6, 6.07) is 6.42. The minimum atomic E-state index is -0.714. The van der Waals surface area contributed by atoms with E-state index in [9.17, 15) is 14.0 Å². The number of nitrogens with zero attached hydrogens (tertiary/aromatic N) is 3. The Kier molecular flexibility index (Phi) is 7.76. The highest BCUT2D eigenvalue weighted by Crippen LogP contribution is 2.41. The molecule has 2 fully saturated rings. The number of hydrogen-bond donors (Lipinski definition) is 2. The van der Waals surface area contributed by atoms with Gasteiger partial charge in [0.15, 0.2) is 23.9 Å². The lowest BCUT2D eigenvalue weighted by atomic mass is 9.99. The Morgan fingerprint density at radius 1 is 1.18 bits per heavy atom. The average Bonchev–Trinajstić information content (AvgIpc) is 3.21. The highest BCUT2D eigenvalue weighted by Gasteiger charge is 2.43. The molecule has 2 aromatic carbocycles. The van der Waals surface area contributed by atoms with Gasteiger partial charge in [0.2, 0.25) is 5.91 Å². The van der Waals surface area contributed by atoms with Gasteiger partial charge in [-0.1, -0.05) is 29.8 Å². The largest absolute Gasteiger partial charge is 0.486 e. The number of amides is 2. The van der Waals surface area contributed by atoms with Gasteiger partial charge in [-0.05, 0) is 37.1 Å². The van der Waals surface area contributed by atoms with Crippen molar-refractivity contribution >= 4 is 57.4 Å². The van der Waals surface area contributed by atoms with Crippen molar-refractivity contribution in [2.24, 2.45) is 0 Å². The number of anilines is 2. The molecule has 2 aliphatic heterocycles. The molecule has 2 saturated heterocycles. The van der Waals surface area contributed by atoms with E-state index in [0.29, 0.717) is 41.1 Å². The van der Waals surface area contributed by atoms with Crippen molar-refractivity contribution in [1.29, 1.82) is 0 Å². The van der Waals surface area contributed by atoms with Crippen molar-refractivity contribution < 1.29 is 23.5 Å². The van der Waals surface area contributed by atoms with E-state index in [4.69, 9.17) is 32.7 Å². The van der Waals surface area contributed by atoms with Crippen LogP contribution in [-0.4, -0.2) is 58.5 Å². The number of nitrogens with one attached hydrogen (secondary N) is 2. The van der Waals surface area contributed by atoms with Crippen LogP contribution in [0.15, 0.2) is 43.2 Å². The second kappa shape index (κ2) is 11.2. The molecule has 2 amide bonds. The number of benzene rings is 2. The first kappa shape index (κ1) is 27.0. The van der Waals surface area contributed by atoms with Crippen LogP contribution in [0.1, 0.15) is 25.7 Å². The first-order valence-electron chi connectivity index (χ1n) is 12.4. The number of ether oxygens (including phenoxy) is 2. The molecule has 0 aliphatic carbocycles. The van der Waals surface area contributed by atoms with E-state index in [-0.39, 0.29) is 52.3 Å². The maximum atomic E-state index is 14.8. The number of halogens is 3. The minimum absolute atomic E-state index is 0.0631. The van der Waals surface area contributed by atoms with E-state index >= 15 is 0 Å². The fourth-order valence-electron chi connectivity index (χ4n) is 5.20. The van der Waals surface area contributed by atoms with Gasteiger partial charge >= 0.3 is 0 Å². The first-order chi connectivity index (χ1) is 18.8. The molecular formula is C27H26Cl2FN5O4. The summed E-state index contributed by atoms with van der Waals surface area (Å²) in [7, 11) is 1.52. The number of fused-ring (bicyclic) bond motifs is 3. The van der Waals surface area contributed by atoms with Gasteiger partial charge in [-0.3, -0.25) is 9.59 Å². The Balaban J connectivity index is 1.48. The maximum Gasteiger partial charge on any atom is 0.257 e. The third kappa shape index (κ3) is 5.44. The summed E-state index contributed by atoms with van der Waals surface area (Å²) >= 11 is 11.9. The number of piperidine rings is 1. The SMILES string of the molecule is C=CC(=O)N1[C@@H]2CC[C@H]1C[C@H](Oc1cc3c(Nc4ccc(Cl)c(Cl)c4F)ncnc3cc1OCC(=O)NC)C2. The van der Waals surface area contributed by atoms with Gasteiger partial charge < -0.3 is 25.0 Å². The molecule has 5 rings (SSSR count). The van der Waals surface area contributed by atoms with Crippen molar-refractivity contribution in [3.8, 4) is 11.5 Å². The molecule has 2 N–H and O–H groups in total. The van der Waals surface area contributed by atoms with Crippen molar-refractivity contribution in [3.05, 3.63) is 59.1 Å². The smallest absolute Gasteiger partial charge is 0.257 e. The molecule has 3 heterocycles. The van der Waals surface area contributed by atoms with Gasteiger partial charge in [-0.2, -0.15) is 0 Å². The topological polar surface area (TPSA) is 106 Å². The second-order valence-electron chi connectivity index (χ2n) is 9.39. The Morgan fingerprint density at radius 2 is 1.92 bits per heavy atom. The molecule has 0 spiro atoms. The van der Waals surface area contributed by atoms with Crippen LogP contribution < -0.4 is 20.1 Å². The molecule has 39 heavy (non-hydrogen) atoms. The number of carbonyl (C=O) groups excluding carboxylic acids is 2. The molecule has 204 valence electrons. The number of hydrogen-bond acceptors (Lipinski definition) is 7. The van der Waals surface area contributed by atoms with Crippen LogP contribution in [0.4, 0.5) is 15.9 Å². The number of carbonyl (C=O) groups is 2. The average molecular weight is 574 g/mol. The van der Waals surface area contributed by atoms with Crippen molar-refractivity contribution in [2.75, 3.05) is 19.0 Å². The molecule has 0 unspecified atom stereocenters. The monoisotopic (exact) mass is 573 g/mol. The van der Waals surface area contributed by atoms with Gasteiger partial charge in [0.25, 0.3) is 5.91 Å². The summed E-state index contributed by atoms with van der Waals surface area (Å²) in [6.45, 7) is 3.41. The second-order valence-corrected chi connectivity index (χ2v) is 10.2. The van der Waals surface area contributed by atoms with E-state index in [2.05, 4.69) is 27.2 Å². The molecule has 3 atom stereocenters. The van der Waals surface area contributed by atoms with Crippen LogP contribution in [0.2, 0.25) is 10.0 Å². The highest BCUT2D eigenvalue weighted by molar-refractivity contribution is 6.42. The lowest BCUT2D eigenvalue weighted by Crippen LogP contribution is -2.48. The fourth-order valence-corrected chi connectivity index (χ4v) is 5.51. The summed E-state index contributed by atoms with van der Waals surface area (Å²) in [5.74, 6) is -0.0694. The van der Waals surface area contributed by atoms with Gasteiger partial charge in [0.05, 0.1) is 21.2 Å². The molecular weight excluding hydrogens is 548 g/mol. The highest BCUT2D eigenvalue weighted by atomic mass is 35.5. The molecule has 3 aromatic rings. The third-order valence-corrected chi connectivity index (χ3v) is 7.82. The van der Waals surface area contributed by atoms with E-state index in [1.165, 1.54) is 31.6 Å². The van der Waals surface area contributed by atoms with Crippen LogP contribution in [-0.2, 0) is 9.59 Å². The van der Waals surface area contributed by atoms with Gasteiger partial charge in [-0.25, -0.2) is 14.4 Å². The molecule has 12 heteroatoms. The predicted octanol–water partition coefficient (Wildman–Crippen LogP) is 5.03. The van der Waals surface area contributed by atoms with Gasteiger partial charge in [0, 0.05) is 43.4 Å². The Bertz CT molecular complexity index is 1440. The zero-order chi connectivity index (χ0) is 27.7. The maximum absolute atomic E-state index is 14.8. The standard InChI is InChI=1S/C27H26Cl2FN5O4/c1-3-24(37)35-14-4-5-15(35)9-16(8-14)39-22-10-17-20(11-21(22)38-12-23(36)31-2)32-13-33-27(17)34-19-7-6-18(28)25(29)26(19)30/h3,6-7,10-11,13-16H,1,4-5,8-9,12H2,2H3,(H,31,36)(H,32,33,34)/t14-,15+,16-. The van der Waals surface area contributed by atoms with Crippen LogP contribution >= 0.6 is 23.2 Å². The quantitative estimate of drug-likeness (QED) is 0.287. The summed E-state index contributed by atoms with van der Waals surface area (Å²) in [5, 5.41) is 5.91. The normalized spacial score (nSPS) is 20.0. The Morgan fingerprint density at radius 3 is 2.62 bits per heavy atom. The zero-order valence-corrected chi connectivity index (χ0v) is 22.6. The lowest BCUT2D eigenvalue weighted by Gasteiger charge is -2.38. The minimum Gasteiger partial charge on any atom is -0.486 e. The number of likely N-dealkylation sites (N-methyl/N-ethyl adjacent to an activating group) is 1. The van der Waals surface area contributed by atoms with Crippen LogP contribution in [0.25, 0.3) is 10.9 Å². The van der Waals surface area contributed by atoms with Crippen molar-refractivity contribution in [3.63, 3.8) is 0 Å². The lowest BCUT2D eigenvalue weighted by molar-refractivity contribution is -0.131. The summed E-state index contributed by atoms with van der Waals surface area (Å²) in [6.07, 6.45) is 5.59. The molecule has 0 saturated carbocycles. The molecule has 2 bridgehead atoms. The van der Waals surface area contributed by atoms with Crippen molar-refractivity contribution in [1.82, 2.24) is 20.2 Å². The van der Waals surface area contributed by atoms with E-state index < -0.39 is 5.82 Å². The zero-order valence-electron chi connectivity index (χ0n) is 21.0. The number of aromatic nitrogens is 2. The van der Waals surface area contributed by atoms with E-state index in [1.54, 1.807) is 12.1 Å². The summed E-state index contributed by atoms with van der Waals surface area (Å²) in [5.41, 5.74) is 0.571. The Hall–Kier alpha value is -3.63. The molecule has 2 aliphatic rings. The summed E-state index contributed by atoms with van der Waals surface area (Å²) < 4.78 is 27.0. The molecule has 0 radical (unpaired) electrons. The summed E-state index contributed by atoms with van der Waals surface area (Å²) in [4.78, 5) is 34.8. The molecule has 9 nitrogen and oxygen atoms in total.